The summed E-state index contributed by atoms with van der Waals surface area (Å²) >= 11 is 1.28. The Labute approximate surface area is 152 Å². The predicted molar refractivity (Wildman–Crippen MR) is 100 cm³/mol. The molecule has 26 heavy (non-hydrogen) atoms. The van der Waals surface area contributed by atoms with Gasteiger partial charge in [0.15, 0.2) is 0 Å². The second-order valence-electron chi connectivity index (χ2n) is 5.94. The number of thiophene rings is 1. The number of carbonyl (C=O) groups is 1. The van der Waals surface area contributed by atoms with Crippen molar-refractivity contribution in [2.75, 3.05) is 7.11 Å². The molecule has 0 saturated heterocycles. The number of nitrogens with zero attached hydrogens (tertiary/aromatic N) is 1. The molecular weight excluding hydrogens is 356 g/mol. The van der Waals surface area contributed by atoms with Crippen LogP contribution in [0.4, 0.5) is 0 Å². The summed E-state index contributed by atoms with van der Waals surface area (Å²) in [5.41, 5.74) is 1.54. The third-order valence-corrected chi connectivity index (χ3v) is 5.03. The number of nitrogens with one attached hydrogen (secondary N) is 1. The largest absolute Gasteiger partial charge is 0.496 e. The van der Waals surface area contributed by atoms with E-state index in [4.69, 9.17) is 9.84 Å². The average Bonchev–Trinajstić information content (AvgIpc) is 3.01. The minimum Gasteiger partial charge on any atom is -0.496 e. The van der Waals surface area contributed by atoms with Gasteiger partial charge in [0.05, 0.1) is 12.5 Å². The van der Waals surface area contributed by atoms with Gasteiger partial charge in [-0.2, -0.15) is 0 Å². The number of hydrogen-bond acceptors (Lipinski definition) is 5. The third-order valence-electron chi connectivity index (χ3n) is 4.13. The highest BCUT2D eigenvalue weighted by atomic mass is 32.1. The molecule has 0 unspecified atom stereocenters. The van der Waals surface area contributed by atoms with Crippen LogP contribution in [0.1, 0.15) is 18.4 Å². The van der Waals surface area contributed by atoms with Crippen molar-refractivity contribution >= 4 is 27.5 Å². The summed E-state index contributed by atoms with van der Waals surface area (Å²) in [4.78, 5) is 39.0. The van der Waals surface area contributed by atoms with E-state index < -0.39 is 17.2 Å². The number of aromatic nitrogens is 2. The maximum absolute atomic E-state index is 12.9. The molecule has 7 nitrogen and oxygen atoms in total. The Balaban J connectivity index is 2.18. The minimum absolute atomic E-state index is 0.0522. The lowest BCUT2D eigenvalue weighted by Gasteiger charge is -2.09. The van der Waals surface area contributed by atoms with Crippen LogP contribution in [0.5, 0.6) is 5.75 Å². The normalized spacial score (nSPS) is 11.0. The maximum atomic E-state index is 12.9. The summed E-state index contributed by atoms with van der Waals surface area (Å²) in [6.45, 7) is 2.00. The van der Waals surface area contributed by atoms with E-state index in [1.54, 1.807) is 7.11 Å². The van der Waals surface area contributed by atoms with E-state index in [0.29, 0.717) is 21.5 Å². The molecule has 0 aliphatic heterocycles. The second-order valence-corrected chi connectivity index (χ2v) is 6.82. The number of benzene rings is 1. The molecule has 0 aliphatic carbocycles. The van der Waals surface area contributed by atoms with E-state index in [0.717, 1.165) is 15.7 Å². The van der Waals surface area contributed by atoms with Crippen molar-refractivity contribution < 1.29 is 14.6 Å². The number of aryl methyl sites for hydroxylation is 1. The van der Waals surface area contributed by atoms with E-state index in [9.17, 15) is 14.4 Å². The molecule has 0 aliphatic rings. The van der Waals surface area contributed by atoms with Crippen molar-refractivity contribution in [2.45, 2.75) is 26.3 Å². The molecule has 2 heterocycles. The molecule has 3 rings (SSSR count). The van der Waals surface area contributed by atoms with Crippen LogP contribution in [-0.4, -0.2) is 27.7 Å². The van der Waals surface area contributed by atoms with Crippen LogP contribution in [0.15, 0.2) is 33.2 Å². The number of rotatable bonds is 6. The first-order valence-electron chi connectivity index (χ1n) is 8.03. The minimum atomic E-state index is -0.962. The average molecular weight is 374 g/mol. The zero-order chi connectivity index (χ0) is 18.8. The summed E-state index contributed by atoms with van der Waals surface area (Å²) < 4.78 is 6.48. The molecule has 0 atom stereocenters. The van der Waals surface area contributed by atoms with Crippen molar-refractivity contribution in [3.05, 3.63) is 50.0 Å². The van der Waals surface area contributed by atoms with Gasteiger partial charge in [-0.25, -0.2) is 4.79 Å². The molecule has 3 aromatic rings. The van der Waals surface area contributed by atoms with Gasteiger partial charge >= 0.3 is 11.7 Å². The van der Waals surface area contributed by atoms with Crippen LogP contribution < -0.4 is 16.0 Å². The van der Waals surface area contributed by atoms with Crippen molar-refractivity contribution in [1.82, 2.24) is 9.55 Å². The van der Waals surface area contributed by atoms with E-state index in [1.165, 1.54) is 11.3 Å². The van der Waals surface area contributed by atoms with E-state index in [2.05, 4.69) is 4.98 Å². The lowest BCUT2D eigenvalue weighted by molar-refractivity contribution is -0.137. The van der Waals surface area contributed by atoms with Crippen molar-refractivity contribution in [1.29, 1.82) is 0 Å². The first-order chi connectivity index (χ1) is 12.4. The van der Waals surface area contributed by atoms with E-state index in [-0.39, 0.29) is 19.4 Å². The Kier molecular flexibility index (Phi) is 4.94. The lowest BCUT2D eigenvalue weighted by Crippen LogP contribution is -2.35. The standard InChI is InChI=1S/C18H18N2O5S/c1-10-5-6-13(25-2)11(8-10)12-9-26-16-15(12)17(23)20(18(24)19-16)7-3-4-14(21)22/h5-6,8-9H,3-4,7H2,1-2H3,(H,19,24)(H,21,22). The Morgan fingerprint density at radius 2 is 2.08 bits per heavy atom. The van der Waals surface area contributed by atoms with Gasteiger partial charge < -0.3 is 9.84 Å². The number of aliphatic carboxylic acids is 1. The maximum Gasteiger partial charge on any atom is 0.329 e. The monoisotopic (exact) mass is 374 g/mol. The summed E-state index contributed by atoms with van der Waals surface area (Å²) in [6, 6.07) is 5.69. The van der Waals surface area contributed by atoms with Crippen LogP contribution >= 0.6 is 11.3 Å². The highest BCUT2D eigenvalue weighted by Crippen LogP contribution is 2.36. The number of hydrogen-bond donors (Lipinski definition) is 2. The molecule has 0 spiro atoms. The van der Waals surface area contributed by atoms with E-state index >= 15 is 0 Å². The van der Waals surface area contributed by atoms with Gasteiger partial charge in [-0.3, -0.25) is 19.1 Å². The Morgan fingerprint density at radius 1 is 1.31 bits per heavy atom. The molecule has 1 aromatic carbocycles. The van der Waals surface area contributed by atoms with Gasteiger partial charge in [-0.1, -0.05) is 11.6 Å². The number of carboxylic acid groups (broad SMARTS) is 1. The molecule has 136 valence electrons. The number of aromatic amines is 1. The van der Waals surface area contributed by atoms with Gasteiger partial charge in [0.1, 0.15) is 10.6 Å². The molecule has 2 aromatic heterocycles. The van der Waals surface area contributed by atoms with Crippen LogP contribution in [0, 0.1) is 6.92 Å². The Bertz CT molecular complexity index is 1090. The first kappa shape index (κ1) is 17.9. The summed E-state index contributed by atoms with van der Waals surface area (Å²) in [5.74, 6) is -0.324. The number of ether oxygens (including phenoxy) is 1. The van der Waals surface area contributed by atoms with Gasteiger partial charge in [-0.15, -0.1) is 11.3 Å². The zero-order valence-electron chi connectivity index (χ0n) is 14.4. The number of carboxylic acids is 1. The summed E-state index contributed by atoms with van der Waals surface area (Å²) in [7, 11) is 1.56. The topological polar surface area (TPSA) is 101 Å². The Hall–Kier alpha value is -2.87. The third kappa shape index (κ3) is 3.28. The van der Waals surface area contributed by atoms with Crippen molar-refractivity contribution in [3.63, 3.8) is 0 Å². The quantitative estimate of drug-likeness (QED) is 0.691. The predicted octanol–water partition coefficient (Wildman–Crippen LogP) is 2.60. The van der Waals surface area contributed by atoms with Crippen LogP contribution in [0.2, 0.25) is 0 Å². The fraction of sp³-hybridized carbons (Fsp3) is 0.278. The van der Waals surface area contributed by atoms with Gasteiger partial charge in [-0.05, 0) is 25.5 Å². The SMILES string of the molecule is COc1ccc(C)cc1-c1csc2[nH]c(=O)n(CCCC(=O)O)c(=O)c12. The number of H-pyrrole nitrogens is 1. The highest BCUT2D eigenvalue weighted by Gasteiger charge is 2.17. The van der Waals surface area contributed by atoms with Crippen molar-refractivity contribution in [3.8, 4) is 16.9 Å². The highest BCUT2D eigenvalue weighted by molar-refractivity contribution is 7.17. The molecule has 0 radical (unpaired) electrons. The molecule has 0 fully saturated rings. The van der Waals surface area contributed by atoms with Gasteiger partial charge in [0.2, 0.25) is 0 Å². The molecule has 0 amide bonds. The van der Waals surface area contributed by atoms with Crippen LogP contribution in [-0.2, 0) is 11.3 Å². The fourth-order valence-electron chi connectivity index (χ4n) is 2.88. The van der Waals surface area contributed by atoms with E-state index in [1.807, 2.05) is 30.5 Å². The number of fused-ring (bicyclic) bond motifs is 1. The lowest BCUT2D eigenvalue weighted by atomic mass is 10.0. The fourth-order valence-corrected chi connectivity index (χ4v) is 3.82. The number of methoxy groups -OCH3 is 1. The molecular formula is C18H18N2O5S. The molecule has 0 bridgehead atoms. The smallest absolute Gasteiger partial charge is 0.329 e. The van der Waals surface area contributed by atoms with Crippen LogP contribution in [0.3, 0.4) is 0 Å². The van der Waals surface area contributed by atoms with Crippen LogP contribution in [0.25, 0.3) is 21.3 Å². The first-order valence-corrected chi connectivity index (χ1v) is 8.91. The van der Waals surface area contributed by atoms with Gasteiger partial charge in [0.25, 0.3) is 5.56 Å². The Morgan fingerprint density at radius 3 is 2.77 bits per heavy atom. The molecule has 2 N–H and O–H groups in total. The van der Waals surface area contributed by atoms with Gasteiger partial charge in [0, 0.05) is 29.5 Å². The summed E-state index contributed by atoms with van der Waals surface area (Å²) in [5, 5.41) is 11.0. The summed E-state index contributed by atoms with van der Waals surface area (Å²) in [6.07, 6.45) is 0.100. The molecule has 0 saturated carbocycles. The van der Waals surface area contributed by atoms with Crippen molar-refractivity contribution in [2.24, 2.45) is 0 Å². The zero-order valence-corrected chi connectivity index (χ0v) is 15.2. The molecule has 8 heteroatoms. The second kappa shape index (κ2) is 7.17.